The van der Waals surface area contributed by atoms with E-state index in [1.165, 1.54) is 45.6 Å². The molecule has 3 aromatic carbocycles. The number of hydrogen-bond acceptors (Lipinski definition) is 7. The molecule has 4 N–H and O–H groups in total. The zero-order chi connectivity index (χ0) is 25.5. The number of esters is 1. The van der Waals surface area contributed by atoms with Crippen molar-refractivity contribution in [3.63, 3.8) is 0 Å². The van der Waals surface area contributed by atoms with Gasteiger partial charge in [-0.15, -0.1) is 0 Å². The van der Waals surface area contributed by atoms with E-state index in [9.17, 15) is 14.4 Å². The lowest BCUT2D eigenvalue weighted by Gasteiger charge is -2.15. The number of methoxy groups -OCH3 is 3. The van der Waals surface area contributed by atoms with Crippen LogP contribution in [-0.2, 0) is 4.74 Å². The molecule has 9 nitrogen and oxygen atoms in total. The molecule has 0 aliphatic rings. The van der Waals surface area contributed by atoms with Crippen LogP contribution < -0.4 is 25.8 Å². The Morgan fingerprint density at radius 1 is 0.686 bits per heavy atom. The number of thiocarbonyl (C=S) groups is 1. The van der Waals surface area contributed by atoms with E-state index in [1.807, 2.05) is 0 Å². The Hall–Kier alpha value is -4.44. The summed E-state index contributed by atoms with van der Waals surface area (Å²) in [7, 11) is 4.19. The summed E-state index contributed by atoms with van der Waals surface area (Å²) in [5.41, 5.74) is 7.51. The molecule has 0 bridgehead atoms. The van der Waals surface area contributed by atoms with Crippen molar-refractivity contribution in [3.05, 3.63) is 82.9 Å². The van der Waals surface area contributed by atoms with Crippen LogP contribution >= 0.6 is 12.2 Å². The van der Waals surface area contributed by atoms with Gasteiger partial charge in [0.25, 0.3) is 11.8 Å². The van der Waals surface area contributed by atoms with E-state index in [0.29, 0.717) is 22.6 Å². The number of benzene rings is 3. The summed E-state index contributed by atoms with van der Waals surface area (Å²) in [6.45, 7) is 0. The van der Waals surface area contributed by atoms with Gasteiger partial charge in [0.05, 0.1) is 38.3 Å². The van der Waals surface area contributed by atoms with Crippen LogP contribution in [0, 0.1) is 0 Å². The minimum Gasteiger partial charge on any atom is -0.493 e. The van der Waals surface area contributed by atoms with Gasteiger partial charge in [0.1, 0.15) is 4.99 Å². The van der Waals surface area contributed by atoms with Gasteiger partial charge in [0.2, 0.25) is 0 Å². The summed E-state index contributed by atoms with van der Waals surface area (Å²) in [6.07, 6.45) is 0. The van der Waals surface area contributed by atoms with E-state index in [2.05, 4.69) is 10.6 Å². The number of nitrogens with one attached hydrogen (secondary N) is 2. The van der Waals surface area contributed by atoms with Crippen LogP contribution in [0.15, 0.2) is 60.7 Å². The summed E-state index contributed by atoms with van der Waals surface area (Å²) in [5, 5.41) is 5.47. The number of carbonyl (C=O) groups is 3. The second-order valence-corrected chi connectivity index (χ2v) is 7.61. The highest BCUT2D eigenvalue weighted by molar-refractivity contribution is 7.80. The summed E-state index contributed by atoms with van der Waals surface area (Å²) in [5.74, 6) is -0.697. The van der Waals surface area contributed by atoms with E-state index < -0.39 is 17.8 Å². The van der Waals surface area contributed by atoms with Gasteiger partial charge in [-0.05, 0) is 48.5 Å². The summed E-state index contributed by atoms with van der Waals surface area (Å²) in [6, 6.07) is 15.5. The number of hydrogen-bond donors (Lipinski definition) is 3. The molecule has 35 heavy (non-hydrogen) atoms. The molecule has 0 aromatic heterocycles. The third-order valence-electron chi connectivity index (χ3n) is 5.01. The summed E-state index contributed by atoms with van der Waals surface area (Å²) in [4.78, 5) is 38.1. The molecule has 0 spiro atoms. The third kappa shape index (κ3) is 5.92. The minimum absolute atomic E-state index is 0.189. The molecule has 3 rings (SSSR count). The van der Waals surface area contributed by atoms with Crippen LogP contribution in [0.4, 0.5) is 11.4 Å². The molecule has 10 heteroatoms. The Morgan fingerprint density at radius 2 is 1.23 bits per heavy atom. The van der Waals surface area contributed by atoms with E-state index in [1.54, 1.807) is 36.4 Å². The van der Waals surface area contributed by atoms with Gasteiger partial charge in [-0.3, -0.25) is 9.59 Å². The first-order chi connectivity index (χ1) is 16.8. The predicted octanol–water partition coefficient (Wildman–Crippen LogP) is 3.63. The van der Waals surface area contributed by atoms with Crippen molar-refractivity contribution in [2.75, 3.05) is 32.0 Å². The molecule has 0 aliphatic heterocycles. The van der Waals surface area contributed by atoms with E-state index in [4.69, 9.17) is 32.2 Å². The predicted molar refractivity (Wildman–Crippen MR) is 136 cm³/mol. The molecule has 0 saturated carbocycles. The molecule has 0 fully saturated rings. The minimum atomic E-state index is -0.599. The lowest BCUT2D eigenvalue weighted by molar-refractivity contribution is 0.0600. The van der Waals surface area contributed by atoms with E-state index >= 15 is 0 Å². The van der Waals surface area contributed by atoms with Gasteiger partial charge >= 0.3 is 5.97 Å². The highest BCUT2D eigenvalue weighted by Gasteiger charge is 2.17. The Morgan fingerprint density at radius 3 is 1.83 bits per heavy atom. The van der Waals surface area contributed by atoms with Crippen LogP contribution in [0.2, 0.25) is 0 Å². The monoisotopic (exact) mass is 493 g/mol. The van der Waals surface area contributed by atoms with Crippen LogP contribution in [0.25, 0.3) is 0 Å². The quantitative estimate of drug-likeness (QED) is 0.321. The number of anilines is 2. The first-order valence-corrected chi connectivity index (χ1v) is 10.6. The molecule has 3 aromatic rings. The maximum absolute atomic E-state index is 13.0. The molecule has 2 amide bonds. The standard InChI is InChI=1S/C25H23N3O6S/c1-32-20-11-9-16(13-21(20)33-2)24(30)28-19-12-17(25(31)34-3)8-10-18(19)27-23(29)15-6-4-14(5-7-15)22(26)35/h4-13H,1-3H3,(H2,26,35)(H,27,29)(H,28,30). The largest absolute Gasteiger partial charge is 0.493 e. The van der Waals surface area contributed by atoms with Gasteiger partial charge in [-0.1, -0.05) is 24.4 Å². The van der Waals surface area contributed by atoms with Crippen molar-refractivity contribution < 1.29 is 28.6 Å². The first kappa shape index (κ1) is 25.2. The molecule has 180 valence electrons. The topological polar surface area (TPSA) is 129 Å². The Kier molecular flexibility index (Phi) is 8.00. The van der Waals surface area contributed by atoms with Crippen LogP contribution in [-0.4, -0.2) is 44.1 Å². The van der Waals surface area contributed by atoms with E-state index in [-0.39, 0.29) is 27.5 Å². The van der Waals surface area contributed by atoms with E-state index in [0.717, 1.165) is 0 Å². The fourth-order valence-corrected chi connectivity index (χ4v) is 3.29. The van der Waals surface area contributed by atoms with Crippen molar-refractivity contribution >= 4 is 46.4 Å². The average Bonchev–Trinajstić information content (AvgIpc) is 2.88. The number of amides is 2. The van der Waals surface area contributed by atoms with Gasteiger partial charge in [0, 0.05) is 16.7 Å². The van der Waals surface area contributed by atoms with Gasteiger partial charge < -0.3 is 30.6 Å². The van der Waals surface area contributed by atoms with Crippen molar-refractivity contribution in [3.8, 4) is 11.5 Å². The highest BCUT2D eigenvalue weighted by atomic mass is 32.1. The summed E-state index contributed by atoms with van der Waals surface area (Å²) >= 11 is 4.93. The zero-order valence-corrected chi connectivity index (χ0v) is 20.0. The molecule has 0 saturated heterocycles. The molecule has 0 unspecified atom stereocenters. The number of ether oxygens (including phenoxy) is 3. The second-order valence-electron chi connectivity index (χ2n) is 7.17. The highest BCUT2D eigenvalue weighted by Crippen LogP contribution is 2.29. The van der Waals surface area contributed by atoms with Crippen molar-refractivity contribution in [1.82, 2.24) is 0 Å². The summed E-state index contributed by atoms with van der Waals surface area (Å²) < 4.78 is 15.2. The maximum atomic E-state index is 13.0. The second kappa shape index (κ2) is 11.1. The molecule has 0 radical (unpaired) electrons. The Bertz CT molecular complexity index is 1290. The van der Waals surface area contributed by atoms with Crippen LogP contribution in [0.1, 0.15) is 36.6 Å². The third-order valence-corrected chi connectivity index (χ3v) is 5.25. The van der Waals surface area contributed by atoms with Crippen LogP contribution in [0.3, 0.4) is 0 Å². The lowest BCUT2D eigenvalue weighted by Crippen LogP contribution is -2.18. The molecule has 0 aliphatic carbocycles. The zero-order valence-electron chi connectivity index (χ0n) is 19.2. The Labute approximate surface area is 207 Å². The van der Waals surface area contributed by atoms with Crippen molar-refractivity contribution in [2.24, 2.45) is 5.73 Å². The fraction of sp³-hybridized carbons (Fsp3) is 0.120. The number of rotatable bonds is 8. The van der Waals surface area contributed by atoms with Crippen molar-refractivity contribution in [2.45, 2.75) is 0 Å². The molecule has 0 heterocycles. The lowest BCUT2D eigenvalue weighted by atomic mass is 10.1. The molecule has 0 atom stereocenters. The van der Waals surface area contributed by atoms with Crippen molar-refractivity contribution in [1.29, 1.82) is 0 Å². The SMILES string of the molecule is COC(=O)c1ccc(NC(=O)c2ccc(C(N)=S)cc2)c(NC(=O)c2ccc(OC)c(OC)c2)c1. The Balaban J connectivity index is 1.91. The van der Waals surface area contributed by atoms with Crippen LogP contribution in [0.5, 0.6) is 11.5 Å². The van der Waals surface area contributed by atoms with Gasteiger partial charge in [0.15, 0.2) is 11.5 Å². The molecular formula is C25H23N3O6S. The van der Waals surface area contributed by atoms with Gasteiger partial charge in [-0.25, -0.2) is 4.79 Å². The average molecular weight is 494 g/mol. The maximum Gasteiger partial charge on any atom is 0.337 e. The first-order valence-electron chi connectivity index (χ1n) is 10.2. The molecular weight excluding hydrogens is 470 g/mol. The number of carbonyl (C=O) groups excluding carboxylic acids is 3. The fourth-order valence-electron chi connectivity index (χ4n) is 3.15. The smallest absolute Gasteiger partial charge is 0.337 e. The number of nitrogens with two attached hydrogens (primary N) is 1. The van der Waals surface area contributed by atoms with Gasteiger partial charge in [-0.2, -0.15) is 0 Å². The normalized spacial score (nSPS) is 10.1.